The van der Waals surface area contributed by atoms with E-state index in [1.165, 1.54) is 0 Å². The third-order valence-electron chi connectivity index (χ3n) is 7.18. The fraction of sp³-hybridized carbons (Fsp3) is 0.222. The Labute approximate surface area is 258 Å². The smallest absolute Gasteiger partial charge is 0.260 e. The number of carbonyl (C=O) groups excluding carboxylic acids is 4. The normalized spacial score (nSPS) is 10.5. The summed E-state index contributed by atoms with van der Waals surface area (Å²) in [5, 5.41) is 5.74. The first-order chi connectivity index (χ1) is 21.4. The minimum atomic E-state index is -0.232. The van der Waals surface area contributed by atoms with Crippen LogP contribution >= 0.6 is 0 Å². The quantitative estimate of drug-likeness (QED) is 0.162. The van der Waals surface area contributed by atoms with Gasteiger partial charge in [0.15, 0.2) is 0 Å². The van der Waals surface area contributed by atoms with E-state index in [4.69, 9.17) is 0 Å². The van der Waals surface area contributed by atoms with Crippen LogP contribution in [0.25, 0.3) is 0 Å². The van der Waals surface area contributed by atoms with Crippen LogP contribution in [-0.4, -0.2) is 36.7 Å². The summed E-state index contributed by atoms with van der Waals surface area (Å²) in [5.74, 6) is -0.860. The number of nitrogens with zero attached hydrogens (tertiary/aromatic N) is 2. The molecule has 0 aliphatic rings. The molecule has 0 heterocycles. The molecule has 0 saturated carbocycles. The van der Waals surface area contributed by atoms with Gasteiger partial charge in [-0.05, 0) is 75.2 Å². The van der Waals surface area contributed by atoms with Gasteiger partial charge in [-0.2, -0.15) is 0 Å². The van der Waals surface area contributed by atoms with Gasteiger partial charge in [-0.1, -0.05) is 60.7 Å². The predicted octanol–water partition coefficient (Wildman–Crippen LogP) is 7.16. The van der Waals surface area contributed by atoms with Crippen molar-refractivity contribution in [3.8, 4) is 0 Å². The van der Waals surface area contributed by atoms with E-state index in [1.54, 1.807) is 58.3 Å². The Morgan fingerprint density at radius 2 is 0.841 bits per heavy atom. The van der Waals surface area contributed by atoms with E-state index in [2.05, 4.69) is 10.6 Å². The Morgan fingerprint density at radius 3 is 1.20 bits per heavy atom. The number of anilines is 4. The van der Waals surface area contributed by atoms with Crippen LogP contribution in [0.4, 0.5) is 22.7 Å². The number of benzene rings is 4. The number of unbranched alkanes of at least 4 members (excludes halogenated alkanes) is 1. The van der Waals surface area contributed by atoms with E-state index >= 15 is 0 Å². The molecule has 4 rings (SSSR count). The number of hydrogen-bond donors (Lipinski definition) is 2. The lowest BCUT2D eigenvalue weighted by Gasteiger charge is -2.22. The molecule has 0 spiro atoms. The third-order valence-corrected chi connectivity index (χ3v) is 7.18. The predicted molar refractivity (Wildman–Crippen MR) is 176 cm³/mol. The molecule has 0 aromatic heterocycles. The average Bonchev–Trinajstić information content (AvgIpc) is 3.05. The molecule has 0 bridgehead atoms. The summed E-state index contributed by atoms with van der Waals surface area (Å²) in [6.07, 6.45) is 1.37. The SMILES string of the molecule is CCN(C(=O)c1ccccc1NC(=O)CCCCC(=O)Nc1ccccc1C(=O)N(CC)c1ccccc1)c1ccccc1. The third kappa shape index (κ3) is 8.19. The fourth-order valence-corrected chi connectivity index (χ4v) is 4.95. The molecule has 44 heavy (non-hydrogen) atoms. The second kappa shape index (κ2) is 15.8. The first kappa shape index (κ1) is 31.7. The Bertz CT molecular complexity index is 1450. The van der Waals surface area contributed by atoms with Gasteiger partial charge in [0.05, 0.1) is 22.5 Å². The van der Waals surface area contributed by atoms with Crippen molar-refractivity contribution >= 4 is 46.4 Å². The highest BCUT2D eigenvalue weighted by atomic mass is 16.2. The summed E-state index contributed by atoms with van der Waals surface area (Å²) in [6.45, 7) is 4.78. The maximum atomic E-state index is 13.4. The molecular formula is C36H38N4O4. The second-order valence-corrected chi connectivity index (χ2v) is 10.2. The zero-order chi connectivity index (χ0) is 31.3. The van der Waals surface area contributed by atoms with E-state index in [0.717, 1.165) is 11.4 Å². The summed E-state index contributed by atoms with van der Waals surface area (Å²) >= 11 is 0. The molecule has 0 unspecified atom stereocenters. The van der Waals surface area contributed by atoms with Crippen LogP contribution < -0.4 is 20.4 Å². The van der Waals surface area contributed by atoms with Crippen LogP contribution in [0.5, 0.6) is 0 Å². The van der Waals surface area contributed by atoms with Crippen LogP contribution in [0.15, 0.2) is 109 Å². The van der Waals surface area contributed by atoms with Crippen LogP contribution in [0.2, 0.25) is 0 Å². The van der Waals surface area contributed by atoms with E-state index in [0.29, 0.717) is 48.4 Å². The molecular weight excluding hydrogens is 552 g/mol. The van der Waals surface area contributed by atoms with Crippen LogP contribution in [0, 0.1) is 0 Å². The first-order valence-corrected chi connectivity index (χ1v) is 14.9. The molecule has 4 amide bonds. The van der Waals surface area contributed by atoms with Crippen molar-refractivity contribution in [2.24, 2.45) is 0 Å². The second-order valence-electron chi connectivity index (χ2n) is 10.2. The number of amides is 4. The fourth-order valence-electron chi connectivity index (χ4n) is 4.95. The number of carbonyl (C=O) groups is 4. The summed E-state index contributed by atoms with van der Waals surface area (Å²) < 4.78 is 0. The molecule has 0 atom stereocenters. The zero-order valence-corrected chi connectivity index (χ0v) is 25.2. The van der Waals surface area contributed by atoms with E-state index in [1.807, 2.05) is 74.5 Å². The summed E-state index contributed by atoms with van der Waals surface area (Å²) in [6, 6.07) is 32.7. The molecule has 4 aromatic carbocycles. The Hall–Kier alpha value is -5.24. The lowest BCUT2D eigenvalue weighted by atomic mass is 10.1. The Morgan fingerprint density at radius 1 is 0.500 bits per heavy atom. The molecule has 226 valence electrons. The Balaban J connectivity index is 1.29. The van der Waals surface area contributed by atoms with Crippen molar-refractivity contribution in [1.29, 1.82) is 0 Å². The van der Waals surface area contributed by atoms with Gasteiger partial charge >= 0.3 is 0 Å². The van der Waals surface area contributed by atoms with Crippen molar-refractivity contribution < 1.29 is 19.2 Å². The molecule has 8 heteroatoms. The van der Waals surface area contributed by atoms with Crippen molar-refractivity contribution in [2.45, 2.75) is 39.5 Å². The van der Waals surface area contributed by atoms with Crippen molar-refractivity contribution in [3.05, 3.63) is 120 Å². The lowest BCUT2D eigenvalue weighted by Crippen LogP contribution is -2.31. The molecule has 0 aliphatic heterocycles. The van der Waals surface area contributed by atoms with Gasteiger partial charge in [-0.25, -0.2) is 0 Å². The minimum Gasteiger partial charge on any atom is -0.325 e. The van der Waals surface area contributed by atoms with Crippen molar-refractivity contribution in [2.75, 3.05) is 33.5 Å². The topological polar surface area (TPSA) is 98.8 Å². The first-order valence-electron chi connectivity index (χ1n) is 14.9. The van der Waals surface area contributed by atoms with Gasteiger partial charge in [0.25, 0.3) is 11.8 Å². The van der Waals surface area contributed by atoms with Gasteiger partial charge < -0.3 is 20.4 Å². The molecule has 0 aliphatic carbocycles. The van der Waals surface area contributed by atoms with Crippen LogP contribution in [0.1, 0.15) is 60.2 Å². The average molecular weight is 591 g/mol. The van der Waals surface area contributed by atoms with Gasteiger partial charge in [0.2, 0.25) is 11.8 Å². The lowest BCUT2D eigenvalue weighted by molar-refractivity contribution is -0.118. The Kier molecular flexibility index (Phi) is 11.4. The monoisotopic (exact) mass is 590 g/mol. The largest absolute Gasteiger partial charge is 0.325 e. The highest BCUT2D eigenvalue weighted by Gasteiger charge is 2.21. The summed E-state index contributed by atoms with van der Waals surface area (Å²) in [4.78, 5) is 55.6. The number of nitrogens with one attached hydrogen (secondary N) is 2. The maximum Gasteiger partial charge on any atom is 0.260 e. The number of rotatable bonds is 13. The van der Waals surface area contributed by atoms with Gasteiger partial charge in [0.1, 0.15) is 0 Å². The van der Waals surface area contributed by atoms with E-state index in [-0.39, 0.29) is 36.5 Å². The molecule has 0 radical (unpaired) electrons. The standard InChI is InChI=1S/C36H38N4O4/c1-3-39(27-17-7-5-8-18-27)35(43)29-21-11-13-23-31(29)37-33(41)25-15-16-26-34(42)38-32-24-14-12-22-30(32)36(44)40(4-2)28-19-9-6-10-20-28/h5-14,17-24H,3-4,15-16,25-26H2,1-2H3,(H,37,41)(H,38,42). The molecule has 8 nitrogen and oxygen atoms in total. The zero-order valence-electron chi connectivity index (χ0n) is 25.2. The summed E-state index contributed by atoms with van der Waals surface area (Å²) in [5.41, 5.74) is 3.29. The maximum absolute atomic E-state index is 13.4. The van der Waals surface area contributed by atoms with Crippen LogP contribution in [-0.2, 0) is 9.59 Å². The number of hydrogen-bond acceptors (Lipinski definition) is 4. The van der Waals surface area contributed by atoms with Crippen LogP contribution in [0.3, 0.4) is 0 Å². The highest BCUT2D eigenvalue weighted by molar-refractivity contribution is 6.12. The minimum absolute atomic E-state index is 0.198. The van der Waals surface area contributed by atoms with Gasteiger partial charge in [0, 0.05) is 37.3 Å². The van der Waals surface area contributed by atoms with Crippen molar-refractivity contribution in [1.82, 2.24) is 0 Å². The van der Waals surface area contributed by atoms with E-state index in [9.17, 15) is 19.2 Å². The van der Waals surface area contributed by atoms with Gasteiger partial charge in [-0.15, -0.1) is 0 Å². The highest BCUT2D eigenvalue weighted by Crippen LogP contribution is 2.24. The van der Waals surface area contributed by atoms with Gasteiger partial charge in [-0.3, -0.25) is 19.2 Å². The van der Waals surface area contributed by atoms with E-state index < -0.39 is 0 Å². The van der Waals surface area contributed by atoms with Crippen molar-refractivity contribution in [3.63, 3.8) is 0 Å². The molecule has 4 aromatic rings. The molecule has 0 saturated heterocycles. The molecule has 0 fully saturated rings. The number of para-hydroxylation sites is 4. The molecule has 2 N–H and O–H groups in total. The summed E-state index contributed by atoms with van der Waals surface area (Å²) in [7, 11) is 0.